The van der Waals surface area contributed by atoms with Gasteiger partial charge in [0, 0.05) is 24.6 Å². The van der Waals surface area contributed by atoms with Crippen LogP contribution >= 0.6 is 0 Å². The molecule has 2 amide bonds. The number of nitrogens with zero attached hydrogens (tertiary/aromatic N) is 2. The standard InChI is InChI=1S/C35H38FN3O4S/c1-25(2)37-35(41)33(22-28-13-7-5-8-14-28)38(23-29-15-11-12-18-32(29)36)34(40)24-39(30-20-26(3)19-27(4)21-30)44(42,43)31-16-9-6-10-17-31/h5-21,25,33H,22-24H2,1-4H3,(H,37,41). The second kappa shape index (κ2) is 14.3. The lowest BCUT2D eigenvalue weighted by atomic mass is 10.0. The van der Waals surface area contributed by atoms with Gasteiger partial charge in [0.05, 0.1) is 10.6 Å². The molecule has 0 aliphatic heterocycles. The molecular formula is C35H38FN3O4S. The number of amides is 2. The van der Waals surface area contributed by atoms with Crippen LogP contribution in [0.15, 0.2) is 108 Å². The van der Waals surface area contributed by atoms with Crippen LogP contribution in [0.1, 0.15) is 36.1 Å². The fourth-order valence-electron chi connectivity index (χ4n) is 5.09. The maximum Gasteiger partial charge on any atom is 0.264 e. The third-order valence-corrected chi connectivity index (χ3v) is 8.89. The topological polar surface area (TPSA) is 86.8 Å². The van der Waals surface area contributed by atoms with Crippen LogP contribution < -0.4 is 9.62 Å². The average Bonchev–Trinajstić information content (AvgIpc) is 2.98. The van der Waals surface area contributed by atoms with E-state index in [2.05, 4.69) is 5.32 Å². The summed E-state index contributed by atoms with van der Waals surface area (Å²) in [5.74, 6) is -1.60. The third kappa shape index (κ3) is 8.11. The number of anilines is 1. The summed E-state index contributed by atoms with van der Waals surface area (Å²) in [5, 5.41) is 2.90. The van der Waals surface area contributed by atoms with E-state index in [4.69, 9.17) is 0 Å². The summed E-state index contributed by atoms with van der Waals surface area (Å²) >= 11 is 0. The summed E-state index contributed by atoms with van der Waals surface area (Å²) in [5.41, 5.74) is 2.96. The highest BCUT2D eigenvalue weighted by molar-refractivity contribution is 7.92. The van der Waals surface area contributed by atoms with Crippen LogP contribution in [0, 0.1) is 19.7 Å². The molecule has 0 spiro atoms. The molecule has 0 radical (unpaired) electrons. The molecule has 44 heavy (non-hydrogen) atoms. The van der Waals surface area contributed by atoms with Crippen molar-refractivity contribution in [1.29, 1.82) is 0 Å². The normalized spacial score (nSPS) is 12.0. The Hall–Kier alpha value is -4.50. The van der Waals surface area contributed by atoms with E-state index in [1.54, 1.807) is 48.5 Å². The molecule has 0 saturated heterocycles. The molecule has 0 aliphatic rings. The van der Waals surface area contributed by atoms with Crippen molar-refractivity contribution < 1.29 is 22.4 Å². The molecule has 0 aromatic heterocycles. The Kier molecular flexibility index (Phi) is 10.5. The quantitative estimate of drug-likeness (QED) is 0.218. The van der Waals surface area contributed by atoms with Gasteiger partial charge in [-0.3, -0.25) is 13.9 Å². The number of aryl methyl sites for hydroxylation is 2. The number of halogens is 1. The van der Waals surface area contributed by atoms with E-state index in [-0.39, 0.29) is 29.5 Å². The molecule has 0 aliphatic carbocycles. The zero-order valence-corrected chi connectivity index (χ0v) is 26.2. The molecule has 9 heteroatoms. The number of nitrogens with one attached hydrogen (secondary N) is 1. The minimum atomic E-state index is -4.21. The third-order valence-electron chi connectivity index (χ3n) is 7.11. The van der Waals surface area contributed by atoms with E-state index in [1.165, 1.54) is 23.1 Å². The molecule has 0 fully saturated rings. The Morgan fingerprint density at radius 3 is 1.98 bits per heavy atom. The molecule has 1 unspecified atom stereocenters. The smallest absolute Gasteiger partial charge is 0.264 e. The Bertz CT molecular complexity index is 1680. The van der Waals surface area contributed by atoms with Crippen LogP contribution in [0.4, 0.5) is 10.1 Å². The zero-order chi connectivity index (χ0) is 31.9. The highest BCUT2D eigenvalue weighted by Gasteiger charge is 2.35. The lowest BCUT2D eigenvalue weighted by Gasteiger charge is -2.34. The van der Waals surface area contributed by atoms with Crippen molar-refractivity contribution in [2.24, 2.45) is 0 Å². The van der Waals surface area contributed by atoms with Crippen LogP contribution in [0.3, 0.4) is 0 Å². The average molecular weight is 616 g/mol. The monoisotopic (exact) mass is 615 g/mol. The van der Waals surface area contributed by atoms with Gasteiger partial charge in [-0.2, -0.15) is 0 Å². The second-order valence-corrected chi connectivity index (χ2v) is 13.0. The van der Waals surface area contributed by atoms with Gasteiger partial charge in [-0.1, -0.05) is 72.8 Å². The molecule has 7 nitrogen and oxygen atoms in total. The van der Waals surface area contributed by atoms with Gasteiger partial charge < -0.3 is 10.2 Å². The van der Waals surface area contributed by atoms with E-state index in [9.17, 15) is 22.4 Å². The van der Waals surface area contributed by atoms with Crippen molar-refractivity contribution in [3.8, 4) is 0 Å². The van der Waals surface area contributed by atoms with Gasteiger partial charge in [0.15, 0.2) is 0 Å². The number of rotatable bonds is 12. The Morgan fingerprint density at radius 2 is 1.39 bits per heavy atom. The van der Waals surface area contributed by atoms with Gasteiger partial charge in [-0.15, -0.1) is 0 Å². The predicted octanol–water partition coefficient (Wildman–Crippen LogP) is 5.80. The first-order valence-corrected chi connectivity index (χ1v) is 15.9. The van der Waals surface area contributed by atoms with Gasteiger partial charge in [0.2, 0.25) is 11.8 Å². The fraction of sp³-hybridized carbons (Fsp3) is 0.257. The van der Waals surface area contributed by atoms with E-state index in [1.807, 2.05) is 64.1 Å². The first-order chi connectivity index (χ1) is 21.0. The summed E-state index contributed by atoms with van der Waals surface area (Å²) in [6.45, 7) is 6.49. The number of hydrogen-bond donors (Lipinski definition) is 1. The molecule has 0 bridgehead atoms. The molecule has 1 N–H and O–H groups in total. The van der Waals surface area contributed by atoms with E-state index in [0.29, 0.717) is 5.69 Å². The van der Waals surface area contributed by atoms with Crippen molar-refractivity contribution in [2.75, 3.05) is 10.8 Å². The van der Waals surface area contributed by atoms with Gasteiger partial charge in [-0.25, -0.2) is 12.8 Å². The first kappa shape index (κ1) is 32.4. The van der Waals surface area contributed by atoms with Crippen LogP contribution in [-0.4, -0.2) is 43.8 Å². The number of sulfonamides is 1. The second-order valence-electron chi connectivity index (χ2n) is 11.2. The highest BCUT2D eigenvalue weighted by Crippen LogP contribution is 2.27. The summed E-state index contributed by atoms with van der Waals surface area (Å²) in [4.78, 5) is 29.5. The van der Waals surface area contributed by atoms with Crippen LogP contribution in [-0.2, 0) is 32.6 Å². The molecule has 4 aromatic rings. The van der Waals surface area contributed by atoms with E-state index < -0.39 is 40.2 Å². The van der Waals surface area contributed by atoms with Gasteiger partial charge in [-0.05, 0) is 74.7 Å². The van der Waals surface area contributed by atoms with Gasteiger partial charge >= 0.3 is 0 Å². The molecule has 230 valence electrons. The number of carbonyl (C=O) groups excluding carboxylic acids is 2. The molecule has 4 rings (SSSR count). The lowest BCUT2D eigenvalue weighted by molar-refractivity contribution is -0.140. The number of carbonyl (C=O) groups is 2. The van der Waals surface area contributed by atoms with Crippen molar-refractivity contribution in [3.63, 3.8) is 0 Å². The van der Waals surface area contributed by atoms with Gasteiger partial charge in [0.25, 0.3) is 10.0 Å². The van der Waals surface area contributed by atoms with Crippen molar-refractivity contribution >= 4 is 27.5 Å². The highest BCUT2D eigenvalue weighted by atomic mass is 32.2. The lowest BCUT2D eigenvalue weighted by Crippen LogP contribution is -2.54. The summed E-state index contributed by atoms with van der Waals surface area (Å²) in [6, 6.07) is 27.2. The number of hydrogen-bond acceptors (Lipinski definition) is 4. The summed E-state index contributed by atoms with van der Waals surface area (Å²) < 4.78 is 44.2. The SMILES string of the molecule is Cc1cc(C)cc(N(CC(=O)N(Cc2ccccc2F)C(Cc2ccccc2)C(=O)NC(C)C)S(=O)(=O)c2ccccc2)c1. The Morgan fingerprint density at radius 1 is 0.818 bits per heavy atom. The van der Waals surface area contributed by atoms with Crippen LogP contribution in [0.25, 0.3) is 0 Å². The molecule has 0 saturated carbocycles. The zero-order valence-electron chi connectivity index (χ0n) is 25.4. The van der Waals surface area contributed by atoms with Crippen molar-refractivity contribution in [1.82, 2.24) is 10.2 Å². The molecule has 4 aromatic carbocycles. The molecular weight excluding hydrogens is 577 g/mol. The molecule has 1 atom stereocenters. The van der Waals surface area contributed by atoms with Gasteiger partial charge in [0.1, 0.15) is 18.4 Å². The van der Waals surface area contributed by atoms with Crippen LogP contribution in [0.5, 0.6) is 0 Å². The van der Waals surface area contributed by atoms with Crippen molar-refractivity contribution in [2.45, 2.75) is 57.6 Å². The Balaban J connectivity index is 1.83. The fourth-order valence-corrected chi connectivity index (χ4v) is 6.51. The largest absolute Gasteiger partial charge is 0.352 e. The minimum Gasteiger partial charge on any atom is -0.352 e. The summed E-state index contributed by atoms with van der Waals surface area (Å²) in [6.07, 6.45) is 0.147. The van der Waals surface area contributed by atoms with Crippen molar-refractivity contribution in [3.05, 3.63) is 131 Å². The van der Waals surface area contributed by atoms with E-state index in [0.717, 1.165) is 21.0 Å². The summed E-state index contributed by atoms with van der Waals surface area (Å²) in [7, 11) is -4.21. The first-order valence-electron chi connectivity index (χ1n) is 14.5. The molecule has 0 heterocycles. The van der Waals surface area contributed by atoms with E-state index >= 15 is 0 Å². The Labute approximate surface area is 259 Å². The minimum absolute atomic E-state index is 0.0194. The predicted molar refractivity (Wildman–Crippen MR) is 171 cm³/mol. The van der Waals surface area contributed by atoms with Crippen LogP contribution in [0.2, 0.25) is 0 Å². The number of benzene rings is 4. The maximum atomic E-state index is 15.0. The maximum absolute atomic E-state index is 15.0.